The van der Waals surface area contributed by atoms with Crippen LogP contribution >= 0.6 is 34.7 Å². The summed E-state index contributed by atoms with van der Waals surface area (Å²) in [7, 11) is 0. The van der Waals surface area contributed by atoms with Gasteiger partial charge in [0, 0.05) is 21.1 Å². The molecule has 4 nitrogen and oxygen atoms in total. The van der Waals surface area contributed by atoms with Crippen molar-refractivity contribution in [3.63, 3.8) is 0 Å². The molecule has 0 saturated heterocycles. The molecule has 0 aliphatic heterocycles. The van der Waals surface area contributed by atoms with E-state index in [0.29, 0.717) is 15.9 Å². The third-order valence-corrected chi connectivity index (χ3v) is 5.22. The van der Waals surface area contributed by atoms with Crippen LogP contribution in [0.5, 0.6) is 5.75 Å². The Labute approximate surface area is 159 Å². The van der Waals surface area contributed by atoms with Crippen LogP contribution in [0.15, 0.2) is 64.9 Å². The van der Waals surface area contributed by atoms with Gasteiger partial charge in [-0.05, 0) is 36.4 Å². The fraction of sp³-hybridized carbons (Fsp3) is 0.111. The Morgan fingerprint density at radius 3 is 2.68 bits per heavy atom. The number of nitrogens with one attached hydrogen (secondary N) is 1. The van der Waals surface area contributed by atoms with Gasteiger partial charge < -0.3 is 4.74 Å². The third kappa shape index (κ3) is 5.77. The minimum absolute atomic E-state index is 0.0741. The van der Waals surface area contributed by atoms with Crippen LogP contribution in [-0.2, 0) is 10.5 Å². The molecule has 1 heterocycles. The van der Waals surface area contributed by atoms with Gasteiger partial charge in [0.05, 0.1) is 5.69 Å². The van der Waals surface area contributed by atoms with Crippen molar-refractivity contribution in [2.75, 3.05) is 11.9 Å². The molecule has 1 N–H and O–H groups in total. The van der Waals surface area contributed by atoms with Gasteiger partial charge in [-0.25, -0.2) is 4.98 Å². The van der Waals surface area contributed by atoms with Crippen LogP contribution < -0.4 is 10.1 Å². The lowest BCUT2D eigenvalue weighted by atomic mass is 10.3. The van der Waals surface area contributed by atoms with Gasteiger partial charge in [-0.2, -0.15) is 0 Å². The molecular weight excluding hydrogens is 376 g/mol. The molecule has 3 aromatic rings. The Balaban J connectivity index is 1.45. The number of amides is 1. The maximum atomic E-state index is 11.9. The van der Waals surface area contributed by atoms with Crippen molar-refractivity contribution in [3.05, 3.63) is 70.7 Å². The van der Waals surface area contributed by atoms with Crippen LogP contribution in [0.1, 0.15) is 5.69 Å². The normalized spacial score (nSPS) is 10.4. The number of aromatic nitrogens is 1. The summed E-state index contributed by atoms with van der Waals surface area (Å²) in [6, 6.07) is 17.0. The second-order valence-corrected chi connectivity index (χ2v) is 7.38. The van der Waals surface area contributed by atoms with E-state index in [9.17, 15) is 4.79 Å². The van der Waals surface area contributed by atoms with Crippen LogP contribution in [0.4, 0.5) is 5.13 Å². The van der Waals surface area contributed by atoms with Crippen molar-refractivity contribution in [2.45, 2.75) is 10.6 Å². The highest BCUT2D eigenvalue weighted by atomic mass is 35.5. The van der Waals surface area contributed by atoms with E-state index in [-0.39, 0.29) is 12.5 Å². The summed E-state index contributed by atoms with van der Waals surface area (Å²) < 4.78 is 5.41. The van der Waals surface area contributed by atoms with Crippen molar-refractivity contribution in [2.24, 2.45) is 0 Å². The second kappa shape index (κ2) is 8.89. The predicted molar refractivity (Wildman–Crippen MR) is 104 cm³/mol. The van der Waals surface area contributed by atoms with Crippen LogP contribution in [-0.4, -0.2) is 17.5 Å². The van der Waals surface area contributed by atoms with Gasteiger partial charge in [0.1, 0.15) is 5.75 Å². The fourth-order valence-corrected chi connectivity index (χ4v) is 3.71. The van der Waals surface area contributed by atoms with Gasteiger partial charge in [-0.3, -0.25) is 10.1 Å². The molecule has 1 amide bonds. The Hall–Kier alpha value is -2.02. The van der Waals surface area contributed by atoms with Crippen molar-refractivity contribution in [1.29, 1.82) is 0 Å². The topological polar surface area (TPSA) is 51.2 Å². The average molecular weight is 391 g/mol. The standard InChI is InChI=1S/C18H15ClN2O2S2/c19-13-6-8-15(9-7-13)23-10-17(22)21-18-20-14(12-25-18)11-24-16-4-2-1-3-5-16/h1-9,12H,10-11H2,(H,20,21,22). The number of rotatable bonds is 7. The monoisotopic (exact) mass is 390 g/mol. The predicted octanol–water partition coefficient (Wildman–Crippen LogP) is 5.11. The molecule has 0 aliphatic carbocycles. The molecule has 7 heteroatoms. The smallest absolute Gasteiger partial charge is 0.264 e. The Kier molecular flexibility index (Phi) is 6.33. The zero-order valence-electron chi connectivity index (χ0n) is 13.1. The van der Waals surface area contributed by atoms with E-state index < -0.39 is 0 Å². The molecule has 3 rings (SSSR count). The summed E-state index contributed by atoms with van der Waals surface area (Å²) in [6.45, 7) is -0.0741. The summed E-state index contributed by atoms with van der Waals surface area (Å²) in [5, 5.41) is 5.90. The molecule has 0 saturated carbocycles. The van der Waals surface area contributed by atoms with Gasteiger partial charge in [0.2, 0.25) is 0 Å². The number of halogens is 1. The second-order valence-electron chi connectivity index (χ2n) is 5.04. The molecule has 0 aliphatic rings. The van der Waals surface area contributed by atoms with Gasteiger partial charge in [0.25, 0.3) is 5.91 Å². The number of benzene rings is 2. The molecule has 1 aromatic heterocycles. The first-order valence-corrected chi connectivity index (χ1v) is 9.74. The lowest BCUT2D eigenvalue weighted by Gasteiger charge is -2.05. The van der Waals surface area contributed by atoms with E-state index in [4.69, 9.17) is 16.3 Å². The number of hydrogen-bond acceptors (Lipinski definition) is 5. The lowest BCUT2D eigenvalue weighted by molar-refractivity contribution is -0.118. The molecule has 25 heavy (non-hydrogen) atoms. The average Bonchev–Trinajstić information content (AvgIpc) is 3.08. The fourth-order valence-electron chi connectivity index (χ4n) is 1.94. The quantitative estimate of drug-likeness (QED) is 0.570. The summed E-state index contributed by atoms with van der Waals surface area (Å²) >= 11 is 8.92. The van der Waals surface area contributed by atoms with Crippen molar-refractivity contribution >= 4 is 45.7 Å². The summed E-state index contributed by atoms with van der Waals surface area (Å²) in [5.74, 6) is 1.11. The minimum Gasteiger partial charge on any atom is -0.484 e. The number of carbonyl (C=O) groups excluding carboxylic acids is 1. The first-order valence-electron chi connectivity index (χ1n) is 7.49. The summed E-state index contributed by atoms with van der Waals surface area (Å²) in [5.41, 5.74) is 0.938. The summed E-state index contributed by atoms with van der Waals surface area (Å²) in [4.78, 5) is 17.6. The van der Waals surface area contributed by atoms with Gasteiger partial charge in [-0.1, -0.05) is 29.8 Å². The van der Waals surface area contributed by atoms with Crippen LogP contribution in [0.25, 0.3) is 0 Å². The van der Waals surface area contributed by atoms with Crippen molar-refractivity contribution < 1.29 is 9.53 Å². The highest BCUT2D eigenvalue weighted by molar-refractivity contribution is 7.98. The molecular formula is C18H15ClN2O2S2. The number of ether oxygens (including phenoxy) is 1. The van der Waals surface area contributed by atoms with Gasteiger partial charge in [-0.15, -0.1) is 23.1 Å². The zero-order valence-corrected chi connectivity index (χ0v) is 15.5. The van der Waals surface area contributed by atoms with Crippen LogP contribution in [0.2, 0.25) is 5.02 Å². The van der Waals surface area contributed by atoms with Crippen molar-refractivity contribution in [3.8, 4) is 5.75 Å². The number of carbonyl (C=O) groups is 1. The first-order chi connectivity index (χ1) is 12.2. The largest absolute Gasteiger partial charge is 0.484 e. The number of thiazole rings is 1. The van der Waals surface area contributed by atoms with E-state index in [1.807, 2.05) is 23.6 Å². The molecule has 0 fully saturated rings. The van der Waals surface area contributed by atoms with E-state index in [1.54, 1.807) is 36.0 Å². The lowest BCUT2D eigenvalue weighted by Crippen LogP contribution is -2.20. The molecule has 0 radical (unpaired) electrons. The maximum absolute atomic E-state index is 11.9. The number of nitrogens with zero attached hydrogens (tertiary/aromatic N) is 1. The van der Waals surface area contributed by atoms with Gasteiger partial charge in [0.15, 0.2) is 11.7 Å². The Morgan fingerprint density at radius 1 is 1.16 bits per heavy atom. The van der Waals surface area contributed by atoms with Crippen LogP contribution in [0.3, 0.4) is 0 Å². The SMILES string of the molecule is O=C(COc1ccc(Cl)cc1)Nc1nc(CSc2ccccc2)cs1. The Morgan fingerprint density at radius 2 is 1.92 bits per heavy atom. The first kappa shape index (κ1) is 17.8. The summed E-state index contributed by atoms with van der Waals surface area (Å²) in [6.07, 6.45) is 0. The molecule has 0 spiro atoms. The molecule has 128 valence electrons. The highest BCUT2D eigenvalue weighted by Gasteiger charge is 2.08. The van der Waals surface area contributed by atoms with E-state index >= 15 is 0 Å². The minimum atomic E-state index is -0.244. The van der Waals surface area contributed by atoms with E-state index in [0.717, 1.165) is 11.4 Å². The van der Waals surface area contributed by atoms with Crippen molar-refractivity contribution in [1.82, 2.24) is 4.98 Å². The molecule has 0 atom stereocenters. The molecule has 2 aromatic carbocycles. The molecule has 0 unspecified atom stereocenters. The van der Waals surface area contributed by atoms with E-state index in [2.05, 4.69) is 22.4 Å². The third-order valence-electron chi connectivity index (χ3n) is 3.11. The maximum Gasteiger partial charge on any atom is 0.264 e. The van der Waals surface area contributed by atoms with E-state index in [1.165, 1.54) is 16.2 Å². The highest BCUT2D eigenvalue weighted by Crippen LogP contribution is 2.24. The number of hydrogen-bond donors (Lipinski definition) is 1. The molecule has 0 bridgehead atoms. The number of anilines is 1. The number of thioether (sulfide) groups is 1. The zero-order chi connectivity index (χ0) is 17.5. The van der Waals surface area contributed by atoms with Gasteiger partial charge >= 0.3 is 0 Å². The van der Waals surface area contributed by atoms with Crippen LogP contribution in [0, 0.1) is 0 Å². The Bertz CT molecular complexity index is 823.